The lowest BCUT2D eigenvalue weighted by Crippen LogP contribution is -2.29. The van der Waals surface area contributed by atoms with E-state index in [1.54, 1.807) is 0 Å². The molecule has 0 amide bonds. The zero-order valence-electron chi connectivity index (χ0n) is 11.6. The van der Waals surface area contributed by atoms with Gasteiger partial charge in [0.25, 0.3) is 0 Å². The van der Waals surface area contributed by atoms with Crippen molar-refractivity contribution >= 4 is 0 Å². The number of ether oxygens (including phenoxy) is 1. The van der Waals surface area contributed by atoms with E-state index < -0.39 is 0 Å². The summed E-state index contributed by atoms with van der Waals surface area (Å²) >= 11 is 0. The van der Waals surface area contributed by atoms with Crippen molar-refractivity contribution in [3.63, 3.8) is 0 Å². The zero-order valence-corrected chi connectivity index (χ0v) is 11.6. The quantitative estimate of drug-likeness (QED) is 0.767. The lowest BCUT2D eigenvalue weighted by molar-refractivity contribution is 0.220. The van der Waals surface area contributed by atoms with Crippen molar-refractivity contribution in [2.24, 2.45) is 0 Å². The second kappa shape index (κ2) is 8.12. The molecule has 2 heterocycles. The van der Waals surface area contributed by atoms with Crippen molar-refractivity contribution < 1.29 is 9.84 Å². The molecule has 0 saturated carbocycles. The van der Waals surface area contributed by atoms with Gasteiger partial charge in [-0.3, -0.25) is 4.90 Å². The molecular formula is C15H24N2O2. The molecule has 0 bridgehead atoms. The molecule has 0 spiro atoms. The molecule has 0 radical (unpaired) electrons. The molecule has 2 rings (SSSR count). The Morgan fingerprint density at radius 1 is 1.21 bits per heavy atom. The molecule has 1 aromatic heterocycles. The molecule has 4 heteroatoms. The molecule has 106 valence electrons. The molecule has 19 heavy (non-hydrogen) atoms. The Balaban J connectivity index is 1.80. The third-order valence-electron chi connectivity index (χ3n) is 3.46. The molecule has 4 nitrogen and oxygen atoms in total. The second-order valence-corrected chi connectivity index (χ2v) is 5.12. The van der Waals surface area contributed by atoms with Crippen LogP contribution in [0.1, 0.15) is 37.7 Å². The summed E-state index contributed by atoms with van der Waals surface area (Å²) in [6, 6.07) is 4.10. The van der Waals surface area contributed by atoms with Crippen LogP contribution in [0.25, 0.3) is 0 Å². The van der Waals surface area contributed by atoms with Crippen LogP contribution < -0.4 is 4.74 Å². The van der Waals surface area contributed by atoms with Gasteiger partial charge in [-0.25, -0.2) is 4.98 Å². The van der Waals surface area contributed by atoms with E-state index in [9.17, 15) is 0 Å². The summed E-state index contributed by atoms with van der Waals surface area (Å²) in [6.45, 7) is 4.26. The Morgan fingerprint density at radius 3 is 2.84 bits per heavy atom. The van der Waals surface area contributed by atoms with Crippen molar-refractivity contribution in [1.29, 1.82) is 0 Å². The summed E-state index contributed by atoms with van der Waals surface area (Å²) in [7, 11) is 0. The summed E-state index contributed by atoms with van der Waals surface area (Å²) in [5.74, 6) is 0.701. The van der Waals surface area contributed by atoms with Crippen LogP contribution in [0.5, 0.6) is 5.88 Å². The van der Waals surface area contributed by atoms with Gasteiger partial charge >= 0.3 is 0 Å². The molecule has 1 aromatic rings. The van der Waals surface area contributed by atoms with E-state index in [-0.39, 0.29) is 6.61 Å². The smallest absolute Gasteiger partial charge is 0.213 e. The van der Waals surface area contributed by atoms with Gasteiger partial charge < -0.3 is 9.84 Å². The van der Waals surface area contributed by atoms with Crippen LogP contribution in [0, 0.1) is 0 Å². The zero-order chi connectivity index (χ0) is 13.3. The molecule has 0 unspecified atom stereocenters. The number of unbranched alkanes of at least 4 members (excludes halogenated alkanes) is 1. The van der Waals surface area contributed by atoms with E-state index in [1.165, 1.54) is 37.9 Å². The first-order chi connectivity index (χ1) is 9.38. The first kappa shape index (κ1) is 14.3. The van der Waals surface area contributed by atoms with Crippen LogP contribution in [0.4, 0.5) is 0 Å². The highest BCUT2D eigenvalue weighted by Gasteiger charge is 2.10. The molecule has 1 N–H and O–H groups in total. The minimum absolute atomic E-state index is 0.228. The van der Waals surface area contributed by atoms with Crippen molar-refractivity contribution in [2.75, 3.05) is 26.3 Å². The Bertz CT molecular complexity index is 365. The Hall–Kier alpha value is -1.13. The van der Waals surface area contributed by atoms with Gasteiger partial charge in [0.15, 0.2) is 0 Å². The standard InChI is InChI=1S/C15H24N2O2/c18-10-4-5-11-19-15-12-14(6-7-16-15)13-17-8-2-1-3-9-17/h6-7,12,18H,1-5,8-11,13H2. The van der Waals surface area contributed by atoms with E-state index in [0.717, 1.165) is 19.4 Å². The maximum Gasteiger partial charge on any atom is 0.213 e. The highest BCUT2D eigenvalue weighted by atomic mass is 16.5. The first-order valence-corrected chi connectivity index (χ1v) is 7.29. The molecule has 1 aliphatic heterocycles. The molecule has 0 aliphatic carbocycles. The highest BCUT2D eigenvalue weighted by Crippen LogP contribution is 2.15. The molecule has 0 atom stereocenters. The number of likely N-dealkylation sites (tertiary alicyclic amines) is 1. The van der Waals surface area contributed by atoms with Crippen LogP contribution in [0.2, 0.25) is 0 Å². The van der Waals surface area contributed by atoms with Crippen LogP contribution in [0.15, 0.2) is 18.3 Å². The van der Waals surface area contributed by atoms with E-state index >= 15 is 0 Å². The summed E-state index contributed by atoms with van der Waals surface area (Å²) < 4.78 is 5.60. The number of piperidine rings is 1. The maximum atomic E-state index is 8.71. The SMILES string of the molecule is OCCCCOc1cc(CN2CCCCC2)ccn1. The largest absolute Gasteiger partial charge is 0.478 e. The van der Waals surface area contributed by atoms with Gasteiger partial charge in [-0.15, -0.1) is 0 Å². The lowest BCUT2D eigenvalue weighted by atomic mass is 10.1. The third kappa shape index (κ3) is 5.17. The number of nitrogens with zero attached hydrogens (tertiary/aromatic N) is 2. The van der Waals surface area contributed by atoms with Crippen LogP contribution >= 0.6 is 0 Å². The fourth-order valence-electron chi connectivity index (χ4n) is 2.39. The van der Waals surface area contributed by atoms with Crippen molar-refractivity contribution in [3.05, 3.63) is 23.9 Å². The van der Waals surface area contributed by atoms with E-state index in [0.29, 0.717) is 12.5 Å². The van der Waals surface area contributed by atoms with Gasteiger partial charge in [0.1, 0.15) is 0 Å². The minimum atomic E-state index is 0.228. The van der Waals surface area contributed by atoms with Crippen molar-refractivity contribution in [1.82, 2.24) is 9.88 Å². The normalized spacial score (nSPS) is 16.5. The predicted octanol–water partition coefficient (Wildman–Crippen LogP) is 2.22. The van der Waals surface area contributed by atoms with Gasteiger partial charge in [-0.1, -0.05) is 6.42 Å². The Labute approximate surface area is 115 Å². The third-order valence-corrected chi connectivity index (χ3v) is 3.46. The fourth-order valence-corrected chi connectivity index (χ4v) is 2.39. The van der Waals surface area contributed by atoms with Crippen molar-refractivity contribution in [2.45, 2.75) is 38.6 Å². The summed E-state index contributed by atoms with van der Waals surface area (Å²) in [6.07, 6.45) is 7.47. The number of aliphatic hydroxyl groups is 1. The minimum Gasteiger partial charge on any atom is -0.478 e. The number of aromatic nitrogens is 1. The Kier molecular flexibility index (Phi) is 6.11. The van der Waals surface area contributed by atoms with Crippen LogP contribution in [-0.4, -0.2) is 41.3 Å². The second-order valence-electron chi connectivity index (χ2n) is 5.12. The molecule has 1 aliphatic rings. The van der Waals surface area contributed by atoms with E-state index in [2.05, 4.69) is 16.0 Å². The monoisotopic (exact) mass is 264 g/mol. The number of pyridine rings is 1. The predicted molar refractivity (Wildman–Crippen MR) is 75.2 cm³/mol. The van der Waals surface area contributed by atoms with Gasteiger partial charge in [-0.2, -0.15) is 0 Å². The highest BCUT2D eigenvalue weighted by molar-refractivity contribution is 5.20. The maximum absolute atomic E-state index is 8.71. The van der Waals surface area contributed by atoms with Crippen LogP contribution in [0.3, 0.4) is 0 Å². The van der Waals surface area contributed by atoms with Gasteiger partial charge in [-0.05, 0) is 50.4 Å². The van der Waals surface area contributed by atoms with Gasteiger partial charge in [0, 0.05) is 25.4 Å². The summed E-state index contributed by atoms with van der Waals surface area (Å²) in [5.41, 5.74) is 1.27. The lowest BCUT2D eigenvalue weighted by Gasteiger charge is -2.26. The van der Waals surface area contributed by atoms with E-state index in [4.69, 9.17) is 9.84 Å². The first-order valence-electron chi connectivity index (χ1n) is 7.29. The molecule has 0 aromatic carbocycles. The average Bonchev–Trinajstić information content (AvgIpc) is 2.45. The molecule has 1 fully saturated rings. The summed E-state index contributed by atoms with van der Waals surface area (Å²) in [4.78, 5) is 6.72. The number of rotatable bonds is 7. The number of hydrogen-bond acceptors (Lipinski definition) is 4. The Morgan fingerprint density at radius 2 is 2.05 bits per heavy atom. The van der Waals surface area contributed by atoms with Crippen LogP contribution in [-0.2, 0) is 6.54 Å². The van der Waals surface area contributed by atoms with Gasteiger partial charge in [0.05, 0.1) is 6.61 Å². The fraction of sp³-hybridized carbons (Fsp3) is 0.667. The summed E-state index contributed by atoms with van der Waals surface area (Å²) in [5, 5.41) is 8.71. The average molecular weight is 264 g/mol. The van der Waals surface area contributed by atoms with Crippen molar-refractivity contribution in [3.8, 4) is 5.88 Å². The number of hydrogen-bond donors (Lipinski definition) is 1. The number of aliphatic hydroxyl groups excluding tert-OH is 1. The molecule has 1 saturated heterocycles. The van der Waals surface area contributed by atoms with E-state index in [1.807, 2.05) is 12.3 Å². The topological polar surface area (TPSA) is 45.6 Å². The van der Waals surface area contributed by atoms with Gasteiger partial charge in [0.2, 0.25) is 5.88 Å². The molecular weight excluding hydrogens is 240 g/mol.